The summed E-state index contributed by atoms with van der Waals surface area (Å²) in [5, 5.41) is 29.1. The Labute approximate surface area is 101 Å². The summed E-state index contributed by atoms with van der Waals surface area (Å²) in [4.78, 5) is 31.0. The highest BCUT2D eigenvalue weighted by Crippen LogP contribution is 2.36. The smallest absolute Gasteiger partial charge is 0.307 e. The third kappa shape index (κ3) is 2.46. The van der Waals surface area contributed by atoms with Crippen molar-refractivity contribution < 1.29 is 19.7 Å². The topological polar surface area (TPSA) is 124 Å². The van der Waals surface area contributed by atoms with E-state index in [1.165, 1.54) is 6.92 Å². The zero-order valence-electron chi connectivity index (χ0n) is 8.85. The molecule has 0 aromatic heterocycles. The number of alkyl halides is 1. The van der Waals surface area contributed by atoms with Crippen molar-refractivity contribution >= 4 is 17.6 Å². The molecule has 1 aliphatic rings. The van der Waals surface area contributed by atoms with Gasteiger partial charge in [-0.2, -0.15) is 0 Å². The fraction of sp³-hybridized carbons (Fsp3) is 0.875. The first-order valence-corrected chi connectivity index (χ1v) is 5.34. The van der Waals surface area contributed by atoms with Crippen LogP contribution in [0.25, 0.3) is 0 Å². The van der Waals surface area contributed by atoms with Crippen LogP contribution in [0.4, 0.5) is 0 Å². The first-order valence-electron chi connectivity index (χ1n) is 4.91. The van der Waals surface area contributed by atoms with Gasteiger partial charge < -0.3 is 5.11 Å². The number of carboxylic acids is 1. The molecule has 1 N–H and O–H groups in total. The van der Waals surface area contributed by atoms with Gasteiger partial charge in [0.05, 0.1) is 5.92 Å². The summed E-state index contributed by atoms with van der Waals surface area (Å²) in [6, 6.07) is -2.81. The average Bonchev–Trinajstić information content (AvgIpc) is 2.15. The van der Waals surface area contributed by atoms with Crippen LogP contribution < -0.4 is 0 Å². The summed E-state index contributed by atoms with van der Waals surface area (Å²) in [5.74, 6) is -3.21. The van der Waals surface area contributed by atoms with Crippen molar-refractivity contribution in [3.05, 3.63) is 20.2 Å². The van der Waals surface area contributed by atoms with Gasteiger partial charge in [0.1, 0.15) is 0 Å². The Bertz CT molecular complexity index is 336. The van der Waals surface area contributed by atoms with Gasteiger partial charge >= 0.3 is 5.97 Å². The third-order valence-electron chi connectivity index (χ3n) is 3.19. The lowest BCUT2D eigenvalue weighted by molar-refractivity contribution is -0.574. The molecule has 17 heavy (non-hydrogen) atoms. The lowest BCUT2D eigenvalue weighted by atomic mass is 9.74. The fourth-order valence-corrected chi connectivity index (χ4v) is 2.71. The second-order valence-corrected chi connectivity index (χ2v) is 4.62. The van der Waals surface area contributed by atoms with E-state index < -0.39 is 45.1 Å². The molecule has 96 valence electrons. The molecule has 0 amide bonds. The molecule has 0 aliphatic heterocycles. The van der Waals surface area contributed by atoms with Crippen LogP contribution in [0.5, 0.6) is 0 Å². The van der Waals surface area contributed by atoms with Crippen LogP contribution in [0.2, 0.25) is 0 Å². The highest BCUT2D eigenvalue weighted by molar-refractivity contribution is 6.21. The normalized spacial score (nSPS) is 37.4. The van der Waals surface area contributed by atoms with E-state index in [0.717, 1.165) is 0 Å². The van der Waals surface area contributed by atoms with Gasteiger partial charge in [0.25, 0.3) is 0 Å². The van der Waals surface area contributed by atoms with Gasteiger partial charge in [0, 0.05) is 22.2 Å². The Morgan fingerprint density at radius 2 is 1.88 bits per heavy atom. The predicted octanol–water partition coefficient (Wildman–Crippen LogP) is 0.625. The van der Waals surface area contributed by atoms with E-state index in [9.17, 15) is 25.0 Å². The zero-order valence-corrected chi connectivity index (χ0v) is 9.61. The Hall–Kier alpha value is -1.44. The maximum absolute atomic E-state index is 10.9. The van der Waals surface area contributed by atoms with Gasteiger partial charge in [-0.15, -0.1) is 11.6 Å². The second-order valence-electron chi connectivity index (χ2n) is 4.11. The third-order valence-corrected chi connectivity index (χ3v) is 3.74. The number of carboxylic acid groups (broad SMARTS) is 1. The maximum Gasteiger partial charge on any atom is 0.307 e. The van der Waals surface area contributed by atoms with Crippen LogP contribution in [0.15, 0.2) is 0 Å². The first-order chi connectivity index (χ1) is 7.77. The molecule has 0 spiro atoms. The lowest BCUT2D eigenvalue weighted by Crippen LogP contribution is -2.54. The Kier molecular flexibility index (Phi) is 3.87. The number of nitro groups is 2. The zero-order chi connectivity index (χ0) is 13.3. The Morgan fingerprint density at radius 3 is 2.24 bits per heavy atom. The molecule has 0 radical (unpaired) electrons. The molecular weight excluding hydrogens is 256 g/mol. The molecular formula is C8H11ClN2O6. The molecule has 0 saturated heterocycles. The lowest BCUT2D eigenvalue weighted by Gasteiger charge is -2.32. The number of hydrogen-bond donors (Lipinski definition) is 1. The van der Waals surface area contributed by atoms with E-state index in [1.807, 2.05) is 0 Å². The van der Waals surface area contributed by atoms with Gasteiger partial charge in [-0.25, -0.2) is 0 Å². The first kappa shape index (κ1) is 13.6. The summed E-state index contributed by atoms with van der Waals surface area (Å²) in [5.41, 5.74) is 0. The van der Waals surface area contributed by atoms with Crippen molar-refractivity contribution in [2.45, 2.75) is 30.8 Å². The number of carbonyl (C=O) groups is 1. The number of nitrogens with zero attached hydrogens (tertiary/aromatic N) is 2. The molecule has 1 fully saturated rings. The maximum atomic E-state index is 10.9. The molecule has 0 aromatic carbocycles. The van der Waals surface area contributed by atoms with E-state index in [4.69, 9.17) is 16.7 Å². The number of rotatable bonds is 3. The van der Waals surface area contributed by atoms with E-state index in [0.29, 0.717) is 0 Å². The number of halogens is 1. The van der Waals surface area contributed by atoms with Crippen molar-refractivity contribution in [2.24, 2.45) is 11.8 Å². The highest BCUT2D eigenvalue weighted by Gasteiger charge is 2.55. The molecule has 8 nitrogen and oxygen atoms in total. The molecule has 0 bridgehead atoms. The molecule has 5 atom stereocenters. The van der Waals surface area contributed by atoms with Crippen LogP contribution in [-0.4, -0.2) is 38.4 Å². The van der Waals surface area contributed by atoms with Crippen LogP contribution in [0.3, 0.4) is 0 Å². The summed E-state index contributed by atoms with van der Waals surface area (Å²) in [6.45, 7) is 1.39. The van der Waals surface area contributed by atoms with Gasteiger partial charge in [-0.05, 0) is 0 Å². The van der Waals surface area contributed by atoms with Crippen molar-refractivity contribution in [3.8, 4) is 0 Å². The van der Waals surface area contributed by atoms with Crippen molar-refractivity contribution in [1.82, 2.24) is 0 Å². The van der Waals surface area contributed by atoms with E-state index in [2.05, 4.69) is 0 Å². The molecule has 1 aliphatic carbocycles. The second kappa shape index (κ2) is 4.82. The molecule has 1 saturated carbocycles. The minimum absolute atomic E-state index is 0.276. The SMILES string of the molecule is C[C@@H]1[C@@H]([N+](=O)[O-])[C@@H](Cl)[C@@H]([N+](=O)[O-])C[C@@H]1C(=O)O. The Balaban J connectivity index is 3.07. The average molecular weight is 267 g/mol. The molecule has 0 heterocycles. The summed E-state index contributed by atoms with van der Waals surface area (Å²) >= 11 is 5.73. The van der Waals surface area contributed by atoms with Gasteiger partial charge in [0.2, 0.25) is 12.1 Å². The van der Waals surface area contributed by atoms with Crippen LogP contribution in [-0.2, 0) is 4.79 Å². The van der Waals surface area contributed by atoms with Gasteiger partial charge in [-0.3, -0.25) is 25.0 Å². The number of aliphatic carboxylic acids is 1. The van der Waals surface area contributed by atoms with Gasteiger partial charge in [-0.1, -0.05) is 6.92 Å². The van der Waals surface area contributed by atoms with E-state index in [-0.39, 0.29) is 6.42 Å². The van der Waals surface area contributed by atoms with Crippen LogP contribution >= 0.6 is 11.6 Å². The molecule has 0 aromatic rings. The van der Waals surface area contributed by atoms with Crippen LogP contribution in [0.1, 0.15) is 13.3 Å². The largest absolute Gasteiger partial charge is 0.481 e. The summed E-state index contributed by atoms with van der Waals surface area (Å²) in [7, 11) is 0. The molecule has 0 unspecified atom stereocenters. The minimum atomic E-state index is -1.41. The van der Waals surface area contributed by atoms with Crippen molar-refractivity contribution in [1.29, 1.82) is 0 Å². The van der Waals surface area contributed by atoms with Crippen molar-refractivity contribution in [2.75, 3.05) is 0 Å². The standard InChI is InChI=1S/C8H11ClN2O6/c1-3-4(8(12)13)2-5(10(14)15)6(9)7(3)11(16)17/h3-7H,2H2,1H3,(H,12,13)/t3-,4-,5-,6-,7+/m0/s1. The minimum Gasteiger partial charge on any atom is -0.481 e. The summed E-state index contributed by atoms with van der Waals surface area (Å²) in [6.07, 6.45) is -0.276. The molecule has 9 heteroatoms. The quantitative estimate of drug-likeness (QED) is 0.454. The number of hydrogen-bond acceptors (Lipinski definition) is 5. The fourth-order valence-electron chi connectivity index (χ4n) is 2.20. The van der Waals surface area contributed by atoms with E-state index >= 15 is 0 Å². The van der Waals surface area contributed by atoms with Gasteiger partial charge in [0.15, 0.2) is 5.38 Å². The van der Waals surface area contributed by atoms with Crippen molar-refractivity contribution in [3.63, 3.8) is 0 Å². The van der Waals surface area contributed by atoms with Crippen LogP contribution in [0, 0.1) is 32.1 Å². The summed E-state index contributed by atoms with van der Waals surface area (Å²) < 4.78 is 0. The molecule has 1 rings (SSSR count). The monoisotopic (exact) mass is 266 g/mol. The Morgan fingerprint density at radius 1 is 1.35 bits per heavy atom. The predicted molar refractivity (Wildman–Crippen MR) is 56.1 cm³/mol. The highest BCUT2D eigenvalue weighted by atomic mass is 35.5. The van der Waals surface area contributed by atoms with E-state index in [1.54, 1.807) is 0 Å².